The summed E-state index contributed by atoms with van der Waals surface area (Å²) >= 11 is 0. The lowest BCUT2D eigenvalue weighted by atomic mass is 9.77. The van der Waals surface area contributed by atoms with Crippen LogP contribution in [0.4, 0.5) is 35.1 Å². The van der Waals surface area contributed by atoms with Crippen molar-refractivity contribution in [2.24, 2.45) is 5.92 Å². The normalized spacial score (nSPS) is 17.2. The zero-order valence-corrected chi connectivity index (χ0v) is 24.3. The first-order valence-electron chi connectivity index (χ1n) is 14.7. The molecule has 0 spiro atoms. The molecule has 4 aromatic carbocycles. The summed E-state index contributed by atoms with van der Waals surface area (Å²) in [5.41, 5.74) is -0.866. The third-order valence-corrected chi connectivity index (χ3v) is 8.35. The van der Waals surface area contributed by atoms with Crippen LogP contribution in [0.1, 0.15) is 62.5 Å². The molecule has 0 aliphatic heterocycles. The molecule has 0 atom stereocenters. The molecule has 0 saturated heterocycles. The molecule has 0 unspecified atom stereocenters. The summed E-state index contributed by atoms with van der Waals surface area (Å²) in [5, 5.41) is 0. The van der Waals surface area contributed by atoms with Crippen molar-refractivity contribution in [2.75, 3.05) is 0 Å². The van der Waals surface area contributed by atoms with Gasteiger partial charge in [-0.15, -0.1) is 0 Å². The molecule has 0 radical (unpaired) electrons. The van der Waals surface area contributed by atoms with E-state index in [-0.39, 0.29) is 22.6 Å². The van der Waals surface area contributed by atoms with E-state index in [4.69, 9.17) is 4.74 Å². The highest BCUT2D eigenvalue weighted by Gasteiger charge is 2.41. The summed E-state index contributed by atoms with van der Waals surface area (Å²) in [6, 6.07) is 11.9. The van der Waals surface area contributed by atoms with Crippen LogP contribution in [-0.2, 0) is 6.11 Å². The molecule has 0 N–H and O–H groups in total. The quantitative estimate of drug-likeness (QED) is 0.102. The number of hydrogen-bond donors (Lipinski definition) is 0. The van der Waals surface area contributed by atoms with Crippen LogP contribution in [0.15, 0.2) is 78.9 Å². The fourth-order valence-corrected chi connectivity index (χ4v) is 5.94. The average Bonchev–Trinajstić information content (AvgIpc) is 2.99. The maximum Gasteiger partial charge on any atom is 0.432 e. The predicted molar refractivity (Wildman–Crippen MR) is 157 cm³/mol. The SMILES string of the molecule is CC=CCCC1CCC(c2cc(F)c(C(F)(F)Oc3ccc(-c4ccc(-c5cc(F)c(F)c(F)c5)c(F)c4)cc3)c(F)c2)CC1. The van der Waals surface area contributed by atoms with Crippen molar-refractivity contribution in [3.63, 3.8) is 0 Å². The van der Waals surface area contributed by atoms with Crippen molar-refractivity contribution < 1.29 is 39.9 Å². The predicted octanol–water partition coefficient (Wildman–Crippen LogP) is 11.6. The number of rotatable bonds is 9. The number of halogens is 8. The van der Waals surface area contributed by atoms with Gasteiger partial charge in [0.1, 0.15) is 28.8 Å². The zero-order chi connectivity index (χ0) is 32.3. The molecule has 236 valence electrons. The first-order valence-corrected chi connectivity index (χ1v) is 14.7. The summed E-state index contributed by atoms with van der Waals surface area (Å²) in [6.45, 7) is 1.97. The summed E-state index contributed by atoms with van der Waals surface area (Å²) < 4.78 is 120. The standard InChI is InChI=1S/C36H30F8O/c1-2-3-4-5-21-6-8-23(9-7-21)25-17-30(38)34(31(39)18-25)36(43,44)45-27-13-10-22(11-14-27)24-12-15-28(29(37)16-24)26-19-32(40)35(42)33(41)20-26/h2-3,10-21,23H,4-9H2,1H3. The lowest BCUT2D eigenvalue weighted by Gasteiger charge is -2.29. The van der Waals surface area contributed by atoms with Crippen LogP contribution in [-0.4, -0.2) is 0 Å². The summed E-state index contributed by atoms with van der Waals surface area (Å²) in [5.74, 6) is -8.22. The Balaban J connectivity index is 1.27. The largest absolute Gasteiger partial charge is 0.432 e. The number of hydrogen-bond acceptors (Lipinski definition) is 1. The molecular weight excluding hydrogens is 600 g/mol. The van der Waals surface area contributed by atoms with E-state index in [1.165, 1.54) is 24.3 Å². The molecule has 5 rings (SSSR count). The van der Waals surface area contributed by atoms with Crippen molar-refractivity contribution in [1.29, 1.82) is 0 Å². The van der Waals surface area contributed by atoms with E-state index in [2.05, 4.69) is 6.08 Å². The molecule has 0 heterocycles. The lowest BCUT2D eigenvalue weighted by molar-refractivity contribution is -0.189. The van der Waals surface area contributed by atoms with Crippen LogP contribution < -0.4 is 4.74 Å². The lowest BCUT2D eigenvalue weighted by Crippen LogP contribution is -2.25. The summed E-state index contributed by atoms with van der Waals surface area (Å²) in [4.78, 5) is 0. The van der Waals surface area contributed by atoms with Crippen LogP contribution in [0.2, 0.25) is 0 Å². The van der Waals surface area contributed by atoms with E-state index in [1.807, 2.05) is 13.0 Å². The number of alkyl halides is 2. The minimum Gasteiger partial charge on any atom is -0.429 e. The van der Waals surface area contributed by atoms with Gasteiger partial charge in [-0.2, -0.15) is 8.78 Å². The number of allylic oxidation sites excluding steroid dienone is 2. The van der Waals surface area contributed by atoms with E-state index in [9.17, 15) is 26.3 Å². The van der Waals surface area contributed by atoms with Gasteiger partial charge in [0.2, 0.25) is 0 Å². The Morgan fingerprint density at radius 2 is 1.27 bits per heavy atom. The highest BCUT2D eigenvalue weighted by Crippen LogP contribution is 2.41. The highest BCUT2D eigenvalue weighted by atomic mass is 19.3. The van der Waals surface area contributed by atoms with Gasteiger partial charge in [-0.25, -0.2) is 26.3 Å². The zero-order valence-electron chi connectivity index (χ0n) is 24.3. The molecule has 1 fully saturated rings. The van der Waals surface area contributed by atoms with Gasteiger partial charge >= 0.3 is 6.11 Å². The van der Waals surface area contributed by atoms with Crippen LogP contribution in [0.25, 0.3) is 22.3 Å². The van der Waals surface area contributed by atoms with E-state index >= 15 is 8.78 Å². The van der Waals surface area contributed by atoms with Gasteiger partial charge < -0.3 is 4.74 Å². The second-order valence-electron chi connectivity index (χ2n) is 11.3. The highest BCUT2D eigenvalue weighted by molar-refractivity contribution is 5.71. The second-order valence-corrected chi connectivity index (χ2v) is 11.3. The Kier molecular flexibility index (Phi) is 9.65. The number of benzene rings is 4. The fourth-order valence-electron chi connectivity index (χ4n) is 5.94. The van der Waals surface area contributed by atoms with Crippen LogP contribution in [0.5, 0.6) is 5.75 Å². The molecular formula is C36H30F8O. The Hall–Kier alpha value is -4.14. The Bertz CT molecular complexity index is 1640. The Morgan fingerprint density at radius 1 is 0.689 bits per heavy atom. The Labute approximate surface area is 256 Å². The first kappa shape index (κ1) is 32.3. The van der Waals surface area contributed by atoms with Gasteiger partial charge in [0.15, 0.2) is 17.5 Å². The minimum atomic E-state index is -4.33. The summed E-state index contributed by atoms with van der Waals surface area (Å²) in [6.07, 6.45) is 5.10. The fraction of sp³-hybridized carbons (Fsp3) is 0.278. The molecule has 4 aromatic rings. The minimum absolute atomic E-state index is 0.111. The van der Waals surface area contributed by atoms with Crippen LogP contribution >= 0.6 is 0 Å². The van der Waals surface area contributed by atoms with Crippen molar-refractivity contribution in [3.8, 4) is 28.0 Å². The topological polar surface area (TPSA) is 9.23 Å². The smallest absolute Gasteiger partial charge is 0.429 e. The maximum absolute atomic E-state index is 15.1. The van der Waals surface area contributed by atoms with Gasteiger partial charge in [-0.05, 0) is 122 Å². The maximum atomic E-state index is 15.1. The molecule has 1 nitrogen and oxygen atoms in total. The van der Waals surface area contributed by atoms with Crippen LogP contribution in [0, 0.1) is 40.8 Å². The van der Waals surface area contributed by atoms with Crippen molar-refractivity contribution in [1.82, 2.24) is 0 Å². The molecule has 1 aliphatic carbocycles. The molecule has 1 saturated carbocycles. The first-order chi connectivity index (χ1) is 21.5. The van der Waals surface area contributed by atoms with Gasteiger partial charge in [-0.3, -0.25) is 0 Å². The molecule has 9 heteroatoms. The van der Waals surface area contributed by atoms with E-state index in [0.717, 1.165) is 68.9 Å². The molecule has 0 amide bonds. The monoisotopic (exact) mass is 630 g/mol. The van der Waals surface area contributed by atoms with Crippen molar-refractivity contribution in [3.05, 3.63) is 125 Å². The van der Waals surface area contributed by atoms with Gasteiger partial charge in [-0.1, -0.05) is 36.4 Å². The molecule has 0 aromatic heterocycles. The third-order valence-electron chi connectivity index (χ3n) is 8.35. The third kappa shape index (κ3) is 7.24. The second kappa shape index (κ2) is 13.5. The van der Waals surface area contributed by atoms with E-state index < -0.39 is 52.3 Å². The Morgan fingerprint density at radius 3 is 1.84 bits per heavy atom. The van der Waals surface area contributed by atoms with Crippen molar-refractivity contribution >= 4 is 0 Å². The van der Waals surface area contributed by atoms with Crippen molar-refractivity contribution in [2.45, 2.75) is 57.5 Å². The van der Waals surface area contributed by atoms with E-state index in [1.54, 1.807) is 0 Å². The van der Waals surface area contributed by atoms with Gasteiger partial charge in [0.25, 0.3) is 0 Å². The molecule has 1 aliphatic rings. The van der Waals surface area contributed by atoms with E-state index in [0.29, 0.717) is 29.2 Å². The van der Waals surface area contributed by atoms with Gasteiger partial charge in [0, 0.05) is 5.56 Å². The number of ether oxygens (including phenoxy) is 1. The molecule has 45 heavy (non-hydrogen) atoms. The summed E-state index contributed by atoms with van der Waals surface area (Å²) in [7, 11) is 0. The van der Waals surface area contributed by atoms with Gasteiger partial charge in [0.05, 0.1) is 0 Å². The molecule has 0 bridgehead atoms. The average molecular weight is 631 g/mol. The van der Waals surface area contributed by atoms with Crippen LogP contribution in [0.3, 0.4) is 0 Å².